The molecule has 0 aromatic heterocycles. The van der Waals surface area contributed by atoms with Gasteiger partial charge in [-0.2, -0.15) is 0 Å². The molecule has 0 atom stereocenters. The van der Waals surface area contributed by atoms with E-state index in [9.17, 15) is 0 Å². The third kappa shape index (κ3) is 8.71. The van der Waals surface area contributed by atoms with Crippen LogP contribution in [0.25, 0.3) is 0 Å². The van der Waals surface area contributed by atoms with Gasteiger partial charge in [-0.05, 0) is 51.3 Å². The van der Waals surface area contributed by atoms with Gasteiger partial charge in [0.15, 0.2) is 0 Å². The van der Waals surface area contributed by atoms with Gasteiger partial charge in [0.25, 0.3) is 0 Å². The number of nitrogens with one attached hydrogen (secondary N) is 2. The molecule has 0 aliphatic heterocycles. The summed E-state index contributed by atoms with van der Waals surface area (Å²) in [6, 6.07) is 0. The first-order valence-electron chi connectivity index (χ1n) is 7.25. The first-order chi connectivity index (χ1) is 10.1. The summed E-state index contributed by atoms with van der Waals surface area (Å²) in [5.74, 6) is 0. The molecule has 4 heteroatoms. The number of rotatable bonds is 10. The van der Waals surface area contributed by atoms with Crippen molar-refractivity contribution in [3.8, 4) is 0 Å². The van der Waals surface area contributed by atoms with Gasteiger partial charge < -0.3 is 5.32 Å². The fourth-order valence-electron chi connectivity index (χ4n) is 1.61. The first kappa shape index (κ1) is 19.9. The zero-order chi connectivity index (χ0) is 16.1. The second-order valence-corrected chi connectivity index (χ2v) is 5.59. The van der Waals surface area contributed by atoms with Gasteiger partial charge in [0, 0.05) is 18.0 Å². The van der Waals surface area contributed by atoms with Crippen LogP contribution in [0, 0.1) is 0 Å². The summed E-state index contributed by atoms with van der Waals surface area (Å²) in [5.41, 5.74) is 3.37. The maximum absolute atomic E-state index is 4.68. The van der Waals surface area contributed by atoms with Crippen LogP contribution in [0.4, 0.5) is 0 Å². The Labute approximate surface area is 134 Å². The number of nitrogens with zero attached hydrogens (tertiary/aromatic N) is 1. The van der Waals surface area contributed by atoms with E-state index in [2.05, 4.69) is 42.1 Å². The van der Waals surface area contributed by atoms with Crippen molar-refractivity contribution in [1.29, 1.82) is 0 Å². The molecule has 3 nitrogen and oxygen atoms in total. The molecule has 0 radical (unpaired) electrons. The lowest BCUT2D eigenvalue weighted by molar-refractivity contribution is 0.663. The van der Waals surface area contributed by atoms with Crippen LogP contribution < -0.4 is 10.6 Å². The van der Waals surface area contributed by atoms with Gasteiger partial charge in [0.1, 0.15) is 0 Å². The van der Waals surface area contributed by atoms with Gasteiger partial charge in [-0.1, -0.05) is 36.6 Å². The molecule has 118 valence electrons. The van der Waals surface area contributed by atoms with E-state index < -0.39 is 0 Å². The molecule has 0 bridgehead atoms. The quantitative estimate of drug-likeness (QED) is 0.365. The molecule has 2 N–H and O–H groups in total. The van der Waals surface area contributed by atoms with Crippen molar-refractivity contribution in [1.82, 2.24) is 10.6 Å². The molecule has 0 heterocycles. The van der Waals surface area contributed by atoms with Crippen molar-refractivity contribution >= 4 is 17.5 Å². The number of likely N-dealkylation sites (N-methyl/N-ethyl adjacent to an activating group) is 1. The lowest BCUT2D eigenvalue weighted by Crippen LogP contribution is -2.25. The van der Waals surface area contributed by atoms with E-state index in [4.69, 9.17) is 0 Å². The van der Waals surface area contributed by atoms with Crippen LogP contribution in [0.15, 0.2) is 51.3 Å². The van der Waals surface area contributed by atoms with Gasteiger partial charge in [-0.15, -0.1) is 0 Å². The fraction of sp³-hybridized carbons (Fsp3) is 0.471. The van der Waals surface area contributed by atoms with Crippen molar-refractivity contribution in [2.24, 2.45) is 4.99 Å². The summed E-state index contributed by atoms with van der Waals surface area (Å²) in [5, 5.41) is 8.43. The van der Waals surface area contributed by atoms with Crippen molar-refractivity contribution in [3.63, 3.8) is 0 Å². The highest BCUT2D eigenvalue weighted by Crippen LogP contribution is 2.22. The standard InChI is InChI=1S/C17H29N3S/c1-7-9-14(3)15(4)17(16(5)21-12-8-2)20-13-19-11-10-18-6/h7-9,12,18-19H,5,10-11,13H2,1-4,6H3/b9-7-,12-8-,15-14+,20-17+. The number of hydrogen-bond acceptors (Lipinski definition) is 4. The number of aliphatic imine (C=N–C) groups is 1. The highest BCUT2D eigenvalue weighted by Gasteiger charge is 2.08. The summed E-state index contributed by atoms with van der Waals surface area (Å²) in [6.45, 7) is 14.8. The molecule has 0 amide bonds. The Balaban J connectivity index is 5.04. The Morgan fingerprint density at radius 1 is 1.19 bits per heavy atom. The average molecular weight is 308 g/mol. The predicted molar refractivity (Wildman–Crippen MR) is 99.0 cm³/mol. The van der Waals surface area contributed by atoms with E-state index >= 15 is 0 Å². The van der Waals surface area contributed by atoms with E-state index in [-0.39, 0.29) is 0 Å². The SMILES string of the molecule is C=C(S/C=C\C)C(=N/CNCCNC)/C(C)=C(C)/C=C\C. The lowest BCUT2D eigenvalue weighted by atomic mass is 10.1. The van der Waals surface area contributed by atoms with Gasteiger partial charge in [-0.3, -0.25) is 10.3 Å². The normalized spacial score (nSPS) is 14.0. The zero-order valence-corrected chi connectivity index (χ0v) is 14.8. The monoisotopic (exact) mass is 307 g/mol. The Hall–Kier alpha value is -1.10. The van der Waals surface area contributed by atoms with Crippen LogP contribution in [0.5, 0.6) is 0 Å². The van der Waals surface area contributed by atoms with Crippen LogP contribution in [-0.4, -0.2) is 32.5 Å². The summed E-state index contributed by atoms with van der Waals surface area (Å²) >= 11 is 1.61. The molecule has 0 fully saturated rings. The smallest absolute Gasteiger partial charge is 0.0892 e. The molecule has 0 saturated heterocycles. The van der Waals surface area contributed by atoms with Crippen LogP contribution in [-0.2, 0) is 0 Å². The van der Waals surface area contributed by atoms with Gasteiger partial charge in [0.2, 0.25) is 0 Å². The molecule has 0 unspecified atom stereocenters. The summed E-state index contributed by atoms with van der Waals surface area (Å²) < 4.78 is 0. The Morgan fingerprint density at radius 2 is 1.90 bits per heavy atom. The van der Waals surface area contributed by atoms with Gasteiger partial charge in [0.05, 0.1) is 12.4 Å². The van der Waals surface area contributed by atoms with E-state index in [1.165, 1.54) is 11.1 Å². The first-order valence-corrected chi connectivity index (χ1v) is 8.13. The topological polar surface area (TPSA) is 36.4 Å². The number of allylic oxidation sites excluding steroid dienone is 6. The van der Waals surface area contributed by atoms with Crippen molar-refractivity contribution in [3.05, 3.63) is 46.3 Å². The van der Waals surface area contributed by atoms with Crippen LogP contribution in [0.1, 0.15) is 27.7 Å². The van der Waals surface area contributed by atoms with E-state index in [1.807, 2.05) is 38.5 Å². The Morgan fingerprint density at radius 3 is 2.48 bits per heavy atom. The van der Waals surface area contributed by atoms with Crippen LogP contribution in [0.3, 0.4) is 0 Å². The van der Waals surface area contributed by atoms with Crippen LogP contribution in [0.2, 0.25) is 0 Å². The molecule has 0 aromatic rings. The zero-order valence-electron chi connectivity index (χ0n) is 14.0. The predicted octanol–water partition coefficient (Wildman–Crippen LogP) is 3.89. The van der Waals surface area contributed by atoms with E-state index in [0.717, 1.165) is 23.7 Å². The third-order valence-electron chi connectivity index (χ3n) is 2.87. The van der Waals surface area contributed by atoms with Gasteiger partial charge in [-0.25, -0.2) is 0 Å². The molecule has 0 aliphatic rings. The molecule has 0 saturated carbocycles. The van der Waals surface area contributed by atoms with E-state index in [1.54, 1.807) is 11.8 Å². The summed E-state index contributed by atoms with van der Waals surface area (Å²) in [6.07, 6.45) is 6.16. The molecule has 0 aromatic carbocycles. The number of thioether (sulfide) groups is 1. The Kier molecular flexibility index (Phi) is 12.0. The maximum Gasteiger partial charge on any atom is 0.0892 e. The molecule has 0 spiro atoms. The van der Waals surface area contributed by atoms with E-state index in [0.29, 0.717) is 6.67 Å². The number of hydrogen-bond donors (Lipinski definition) is 2. The largest absolute Gasteiger partial charge is 0.318 e. The molecule has 21 heavy (non-hydrogen) atoms. The van der Waals surface area contributed by atoms with Crippen LogP contribution >= 0.6 is 11.8 Å². The van der Waals surface area contributed by atoms with Crippen molar-refractivity contribution < 1.29 is 0 Å². The minimum absolute atomic E-state index is 0.604. The highest BCUT2D eigenvalue weighted by atomic mass is 32.2. The van der Waals surface area contributed by atoms with Crippen molar-refractivity contribution in [2.45, 2.75) is 27.7 Å². The van der Waals surface area contributed by atoms with Gasteiger partial charge >= 0.3 is 0 Å². The minimum Gasteiger partial charge on any atom is -0.318 e. The Bertz CT molecular complexity index is 431. The minimum atomic E-state index is 0.604. The molecular formula is C17H29N3S. The molecule has 0 rings (SSSR count). The summed E-state index contributed by atoms with van der Waals surface area (Å²) in [4.78, 5) is 5.66. The molecular weight excluding hydrogens is 278 g/mol. The second-order valence-electron chi connectivity index (χ2n) is 4.59. The third-order valence-corrected chi connectivity index (χ3v) is 3.76. The van der Waals surface area contributed by atoms with Crippen molar-refractivity contribution in [2.75, 3.05) is 26.8 Å². The lowest BCUT2D eigenvalue weighted by Gasteiger charge is -2.11. The maximum atomic E-state index is 4.68. The fourth-order valence-corrected chi connectivity index (χ4v) is 2.24. The second kappa shape index (κ2) is 12.6. The average Bonchev–Trinajstić information content (AvgIpc) is 2.48. The highest BCUT2D eigenvalue weighted by molar-refractivity contribution is 8.06. The molecule has 0 aliphatic carbocycles. The summed E-state index contributed by atoms with van der Waals surface area (Å²) in [7, 11) is 1.94.